The Morgan fingerprint density at radius 1 is 1.57 bits per heavy atom. The summed E-state index contributed by atoms with van der Waals surface area (Å²) < 4.78 is 0. The maximum atomic E-state index is 3.33. The molecule has 0 aromatic carbocycles. The van der Waals surface area contributed by atoms with Crippen molar-refractivity contribution in [1.29, 1.82) is 0 Å². The van der Waals surface area contributed by atoms with E-state index < -0.39 is 0 Å². The van der Waals surface area contributed by atoms with Crippen LogP contribution in [-0.2, 0) is 0 Å². The molecule has 0 spiro atoms. The van der Waals surface area contributed by atoms with Gasteiger partial charge in [0, 0.05) is 0 Å². The summed E-state index contributed by atoms with van der Waals surface area (Å²) in [5.74, 6) is 0. The fourth-order valence-electron chi connectivity index (χ4n) is 0.203. The van der Waals surface area contributed by atoms with Gasteiger partial charge in [0.2, 0.25) is 0 Å². The molecule has 0 rings (SSSR count). The Bertz CT molecular complexity index is 128. The Hall–Kier alpha value is -0.960. The molecule has 0 aliphatic carbocycles. The predicted octanol–water partition coefficient (Wildman–Crippen LogP) is 2.06. The summed E-state index contributed by atoms with van der Waals surface area (Å²) in [6.07, 6.45) is 5.55. The minimum atomic E-state index is 1.76. The second kappa shape index (κ2) is 5.04. The maximum Gasteiger partial charge on any atom is -0.0119 e. The van der Waals surface area contributed by atoms with Crippen molar-refractivity contribution >= 4 is 0 Å². The molecule has 0 atom stereocenters. The van der Waals surface area contributed by atoms with E-state index in [4.69, 9.17) is 0 Å². The van der Waals surface area contributed by atoms with Gasteiger partial charge in [-0.15, -0.1) is 0 Å². The average Bonchev–Trinajstić information content (AvgIpc) is 1.69. The van der Waals surface area contributed by atoms with Crippen LogP contribution in [0.4, 0.5) is 0 Å². The lowest BCUT2D eigenvalue weighted by Crippen LogP contribution is -1.36. The van der Waals surface area contributed by atoms with Crippen molar-refractivity contribution < 1.29 is 0 Å². The summed E-state index contributed by atoms with van der Waals surface area (Å²) in [5.41, 5.74) is 5.17. The predicted molar refractivity (Wildman–Crippen MR) is 32.0 cm³/mol. The van der Waals surface area contributed by atoms with Gasteiger partial charge in [-0.25, -0.2) is 0 Å². The van der Waals surface area contributed by atoms with Crippen LogP contribution in [0.2, 0.25) is 0 Å². The average molecular weight is 92.1 g/mol. The SMILES string of the molecule is C=C=C=CC=CC. The van der Waals surface area contributed by atoms with Crippen molar-refractivity contribution in [3.63, 3.8) is 0 Å². The van der Waals surface area contributed by atoms with Gasteiger partial charge in [0.15, 0.2) is 0 Å². The van der Waals surface area contributed by atoms with Crippen LogP contribution < -0.4 is 0 Å². The maximum absolute atomic E-state index is 3.33. The molecule has 0 amide bonds. The highest BCUT2D eigenvalue weighted by atomic mass is 13.5. The second-order valence-electron chi connectivity index (χ2n) is 1.01. The van der Waals surface area contributed by atoms with Gasteiger partial charge in [-0.05, 0) is 19.6 Å². The monoisotopic (exact) mass is 92.1 g/mol. The number of rotatable bonds is 1. The molecule has 0 aliphatic heterocycles. The first-order chi connectivity index (χ1) is 3.41. The highest BCUT2D eigenvalue weighted by molar-refractivity contribution is 4.99. The molecule has 0 saturated heterocycles. The lowest BCUT2D eigenvalue weighted by atomic mass is 10.5. The highest BCUT2D eigenvalue weighted by Gasteiger charge is 1.47. The Balaban J connectivity index is 3.71. The van der Waals surface area contributed by atoms with Crippen LogP contribution in [0.15, 0.2) is 36.3 Å². The largest absolute Gasteiger partial charge is 0.0870 e. The standard InChI is InChI=1S/C7H8/c1-3-5-7-6-4-2/h4,6-7H,1H2,2H3. The summed E-state index contributed by atoms with van der Waals surface area (Å²) in [6, 6.07) is 0. The minimum absolute atomic E-state index is 1.76. The smallest absolute Gasteiger partial charge is 0.0119 e. The first-order valence-corrected chi connectivity index (χ1v) is 2.14. The van der Waals surface area contributed by atoms with Gasteiger partial charge in [0.25, 0.3) is 0 Å². The van der Waals surface area contributed by atoms with Gasteiger partial charge in [-0.1, -0.05) is 23.6 Å². The highest BCUT2D eigenvalue weighted by Crippen LogP contribution is 1.68. The van der Waals surface area contributed by atoms with E-state index in [1.807, 2.05) is 19.1 Å². The molecule has 0 aromatic rings. The third-order valence-corrected chi connectivity index (χ3v) is 0.474. The van der Waals surface area contributed by atoms with Gasteiger partial charge in [0.05, 0.1) is 0 Å². The summed E-state index contributed by atoms with van der Waals surface area (Å²) >= 11 is 0. The van der Waals surface area contributed by atoms with Crippen LogP contribution in [0.1, 0.15) is 6.92 Å². The number of hydrogen-bond donors (Lipinski definition) is 0. The lowest BCUT2D eigenvalue weighted by molar-refractivity contribution is 1.74. The summed E-state index contributed by atoms with van der Waals surface area (Å²) in [7, 11) is 0. The molecule has 0 heteroatoms. The molecule has 36 valence electrons. The van der Waals surface area contributed by atoms with E-state index in [0.717, 1.165) is 0 Å². The molecule has 0 heterocycles. The Labute approximate surface area is 44.2 Å². The zero-order valence-corrected chi connectivity index (χ0v) is 4.44. The van der Waals surface area contributed by atoms with Crippen LogP contribution in [-0.4, -0.2) is 0 Å². The molecular formula is C7H8. The van der Waals surface area contributed by atoms with Crippen molar-refractivity contribution in [3.05, 3.63) is 36.3 Å². The van der Waals surface area contributed by atoms with Crippen LogP contribution in [0.3, 0.4) is 0 Å². The van der Waals surface area contributed by atoms with Crippen molar-refractivity contribution in [2.45, 2.75) is 6.92 Å². The quantitative estimate of drug-likeness (QED) is 0.343. The third kappa shape index (κ3) is 5.04. The molecule has 7 heavy (non-hydrogen) atoms. The van der Waals surface area contributed by atoms with Crippen molar-refractivity contribution in [1.82, 2.24) is 0 Å². The van der Waals surface area contributed by atoms with E-state index in [1.54, 1.807) is 6.08 Å². The second-order valence-corrected chi connectivity index (χ2v) is 1.01. The van der Waals surface area contributed by atoms with Crippen molar-refractivity contribution in [2.75, 3.05) is 0 Å². The van der Waals surface area contributed by atoms with Gasteiger partial charge in [-0.3, -0.25) is 0 Å². The van der Waals surface area contributed by atoms with Gasteiger partial charge in [-0.2, -0.15) is 0 Å². The molecule has 0 fully saturated rings. The molecule has 0 aliphatic rings. The molecular weight excluding hydrogens is 84.1 g/mol. The van der Waals surface area contributed by atoms with Crippen molar-refractivity contribution in [3.8, 4) is 0 Å². The summed E-state index contributed by atoms with van der Waals surface area (Å²) in [4.78, 5) is 0. The van der Waals surface area contributed by atoms with Gasteiger partial charge in [0.1, 0.15) is 0 Å². The fraction of sp³-hybridized carbons (Fsp3) is 0.143. The number of allylic oxidation sites excluding steroid dienone is 3. The van der Waals surface area contributed by atoms with Crippen LogP contribution in [0.5, 0.6) is 0 Å². The van der Waals surface area contributed by atoms with E-state index in [1.165, 1.54) is 0 Å². The van der Waals surface area contributed by atoms with Crippen LogP contribution in [0, 0.1) is 0 Å². The van der Waals surface area contributed by atoms with Crippen LogP contribution in [0.25, 0.3) is 0 Å². The third-order valence-electron chi connectivity index (χ3n) is 0.474. The first kappa shape index (κ1) is 6.04. The van der Waals surface area contributed by atoms with E-state index in [0.29, 0.717) is 0 Å². The van der Waals surface area contributed by atoms with E-state index in [-0.39, 0.29) is 0 Å². The molecule has 0 unspecified atom stereocenters. The normalized spacial score (nSPS) is 7.57. The van der Waals surface area contributed by atoms with Gasteiger partial charge < -0.3 is 0 Å². The zero-order chi connectivity index (χ0) is 5.54. The Kier molecular flexibility index (Phi) is 4.35. The van der Waals surface area contributed by atoms with E-state index >= 15 is 0 Å². The summed E-state index contributed by atoms with van der Waals surface area (Å²) in [6.45, 7) is 5.28. The molecule has 0 nitrogen and oxygen atoms in total. The molecule has 0 aromatic heterocycles. The summed E-state index contributed by atoms with van der Waals surface area (Å²) in [5, 5.41) is 0. The fourth-order valence-corrected chi connectivity index (χ4v) is 0.203. The van der Waals surface area contributed by atoms with Gasteiger partial charge >= 0.3 is 0 Å². The molecule has 0 saturated carbocycles. The minimum Gasteiger partial charge on any atom is -0.0870 e. The topological polar surface area (TPSA) is 0 Å². The number of hydrogen-bond acceptors (Lipinski definition) is 0. The lowest BCUT2D eigenvalue weighted by Gasteiger charge is -1.57. The van der Waals surface area contributed by atoms with Crippen molar-refractivity contribution in [2.24, 2.45) is 0 Å². The Morgan fingerprint density at radius 3 is 2.71 bits per heavy atom. The van der Waals surface area contributed by atoms with E-state index in [2.05, 4.69) is 18.0 Å². The molecule has 0 N–H and O–H groups in total. The zero-order valence-electron chi connectivity index (χ0n) is 4.44. The first-order valence-electron chi connectivity index (χ1n) is 2.14. The van der Waals surface area contributed by atoms with E-state index in [9.17, 15) is 0 Å². The molecule has 0 radical (unpaired) electrons. The van der Waals surface area contributed by atoms with Crippen LogP contribution >= 0.6 is 0 Å². The molecule has 0 bridgehead atoms. The Morgan fingerprint density at radius 2 is 2.29 bits per heavy atom.